The van der Waals surface area contributed by atoms with Crippen LogP contribution in [0.1, 0.15) is 37.7 Å². The number of aromatic nitrogens is 1. The third-order valence-electron chi connectivity index (χ3n) is 3.68. The second kappa shape index (κ2) is 8.14. The van der Waals surface area contributed by atoms with Crippen LogP contribution in [0.3, 0.4) is 0 Å². The van der Waals surface area contributed by atoms with E-state index in [1.54, 1.807) is 6.92 Å². The number of carbonyl (C=O) groups excluding carboxylic acids is 3. The number of carbonyl (C=O) groups is 3. The van der Waals surface area contributed by atoms with Crippen molar-refractivity contribution in [1.29, 1.82) is 0 Å². The average molecular weight is 345 g/mol. The van der Waals surface area contributed by atoms with Gasteiger partial charge in [-0.25, -0.2) is 9.59 Å². The predicted molar refractivity (Wildman–Crippen MR) is 88.2 cm³/mol. The maximum atomic E-state index is 12.3. The summed E-state index contributed by atoms with van der Waals surface area (Å²) in [7, 11) is 2.47. The summed E-state index contributed by atoms with van der Waals surface area (Å²) in [5, 5.41) is 0. The van der Waals surface area contributed by atoms with E-state index in [1.165, 1.54) is 14.2 Å². The fraction of sp³-hybridized carbons (Fsp3) is 0.278. The quantitative estimate of drug-likeness (QED) is 0.637. The van der Waals surface area contributed by atoms with Gasteiger partial charge in [0.1, 0.15) is 12.3 Å². The first kappa shape index (κ1) is 18.3. The molecule has 0 aliphatic carbocycles. The first-order valence-corrected chi connectivity index (χ1v) is 7.55. The Kier molecular flexibility index (Phi) is 5.94. The standard InChI is InChI=1S/C18H19NO6/c1-11-15(17(21)24-3)13(9-14(20)23-2)19-16(11)18(22)25-10-12-7-5-4-6-8-12/h4-8,19H,9-10H2,1-3H3. The third-order valence-corrected chi connectivity index (χ3v) is 3.68. The van der Waals surface area contributed by atoms with Crippen LogP contribution < -0.4 is 0 Å². The molecule has 1 N–H and O–H groups in total. The molecule has 0 radical (unpaired) electrons. The summed E-state index contributed by atoms with van der Waals surface area (Å²) in [5.41, 5.74) is 1.70. The minimum absolute atomic E-state index is 0.0953. The largest absolute Gasteiger partial charge is 0.469 e. The topological polar surface area (TPSA) is 94.7 Å². The van der Waals surface area contributed by atoms with Crippen molar-refractivity contribution in [2.75, 3.05) is 14.2 Å². The van der Waals surface area contributed by atoms with E-state index < -0.39 is 17.9 Å². The van der Waals surface area contributed by atoms with Crippen LogP contribution in [0.2, 0.25) is 0 Å². The molecular formula is C18H19NO6. The van der Waals surface area contributed by atoms with Crippen LogP contribution in [0, 0.1) is 6.92 Å². The highest BCUT2D eigenvalue weighted by atomic mass is 16.5. The zero-order chi connectivity index (χ0) is 18.4. The molecule has 0 amide bonds. The number of rotatable bonds is 6. The molecule has 2 rings (SSSR count). The molecule has 25 heavy (non-hydrogen) atoms. The summed E-state index contributed by atoms with van der Waals surface area (Å²) in [6.45, 7) is 1.68. The van der Waals surface area contributed by atoms with Crippen LogP contribution in [0.4, 0.5) is 0 Å². The normalized spacial score (nSPS) is 10.2. The van der Waals surface area contributed by atoms with E-state index in [4.69, 9.17) is 9.47 Å². The summed E-state index contributed by atoms with van der Waals surface area (Å²) in [6, 6.07) is 9.21. The van der Waals surface area contributed by atoms with Gasteiger partial charge in [-0.1, -0.05) is 30.3 Å². The van der Waals surface area contributed by atoms with Gasteiger partial charge in [0.15, 0.2) is 0 Å². The van der Waals surface area contributed by atoms with Gasteiger partial charge >= 0.3 is 17.9 Å². The van der Waals surface area contributed by atoms with Crippen molar-refractivity contribution in [3.8, 4) is 0 Å². The Hall–Kier alpha value is -3.09. The fourth-order valence-electron chi connectivity index (χ4n) is 2.39. The van der Waals surface area contributed by atoms with E-state index in [1.807, 2.05) is 30.3 Å². The van der Waals surface area contributed by atoms with Crippen molar-refractivity contribution in [2.24, 2.45) is 0 Å². The monoisotopic (exact) mass is 345 g/mol. The molecular weight excluding hydrogens is 326 g/mol. The van der Waals surface area contributed by atoms with E-state index in [0.717, 1.165) is 5.56 Å². The number of hydrogen-bond acceptors (Lipinski definition) is 6. The molecule has 2 aromatic rings. The van der Waals surface area contributed by atoms with Crippen LogP contribution in [-0.2, 0) is 32.0 Å². The molecule has 0 spiro atoms. The van der Waals surface area contributed by atoms with Gasteiger partial charge in [0.05, 0.1) is 26.2 Å². The van der Waals surface area contributed by atoms with Gasteiger partial charge in [-0.05, 0) is 18.1 Å². The van der Waals surface area contributed by atoms with E-state index >= 15 is 0 Å². The lowest BCUT2D eigenvalue weighted by atomic mass is 10.1. The molecule has 0 fully saturated rings. The molecule has 1 heterocycles. The van der Waals surface area contributed by atoms with Crippen molar-refractivity contribution in [3.63, 3.8) is 0 Å². The van der Waals surface area contributed by atoms with Crippen molar-refractivity contribution < 1.29 is 28.6 Å². The van der Waals surface area contributed by atoms with Crippen LogP contribution in [-0.4, -0.2) is 37.1 Å². The highest BCUT2D eigenvalue weighted by Gasteiger charge is 2.26. The van der Waals surface area contributed by atoms with Gasteiger partial charge in [0.25, 0.3) is 0 Å². The second-order valence-corrected chi connectivity index (χ2v) is 5.28. The van der Waals surface area contributed by atoms with Crippen molar-refractivity contribution in [2.45, 2.75) is 20.0 Å². The zero-order valence-corrected chi connectivity index (χ0v) is 14.3. The van der Waals surface area contributed by atoms with E-state index in [-0.39, 0.29) is 30.0 Å². The summed E-state index contributed by atoms with van der Waals surface area (Å²) in [4.78, 5) is 38.7. The fourth-order valence-corrected chi connectivity index (χ4v) is 2.39. The molecule has 0 aliphatic rings. The molecule has 0 saturated carbocycles. The van der Waals surface area contributed by atoms with Gasteiger partial charge < -0.3 is 19.2 Å². The van der Waals surface area contributed by atoms with Gasteiger partial charge in [-0.15, -0.1) is 0 Å². The molecule has 1 aromatic carbocycles. The van der Waals surface area contributed by atoms with Crippen LogP contribution >= 0.6 is 0 Å². The predicted octanol–water partition coefficient (Wildman–Crippen LogP) is 2.18. The number of methoxy groups -OCH3 is 2. The zero-order valence-electron chi connectivity index (χ0n) is 14.3. The summed E-state index contributed by atoms with van der Waals surface area (Å²) in [6.07, 6.45) is -0.187. The van der Waals surface area contributed by atoms with Gasteiger partial charge in [0, 0.05) is 5.69 Å². The summed E-state index contributed by atoms with van der Waals surface area (Å²) in [5.74, 6) is -1.81. The van der Waals surface area contributed by atoms with Crippen LogP contribution in [0.15, 0.2) is 30.3 Å². The molecule has 0 atom stereocenters. The van der Waals surface area contributed by atoms with E-state index in [2.05, 4.69) is 9.72 Å². The molecule has 0 saturated heterocycles. The lowest BCUT2D eigenvalue weighted by Gasteiger charge is -2.04. The number of nitrogens with one attached hydrogen (secondary N) is 1. The number of ether oxygens (including phenoxy) is 3. The van der Waals surface area contributed by atoms with E-state index in [0.29, 0.717) is 5.56 Å². The van der Waals surface area contributed by atoms with Crippen LogP contribution in [0.25, 0.3) is 0 Å². The number of H-pyrrole nitrogens is 1. The minimum atomic E-state index is -0.644. The first-order valence-electron chi connectivity index (χ1n) is 7.55. The Balaban J connectivity index is 2.25. The molecule has 7 nitrogen and oxygen atoms in total. The summed E-state index contributed by atoms with van der Waals surface area (Å²) >= 11 is 0. The lowest BCUT2D eigenvalue weighted by Crippen LogP contribution is -2.11. The van der Waals surface area contributed by atoms with Gasteiger partial charge in [-0.3, -0.25) is 4.79 Å². The number of benzene rings is 1. The lowest BCUT2D eigenvalue weighted by molar-refractivity contribution is -0.139. The van der Waals surface area contributed by atoms with Gasteiger partial charge in [0.2, 0.25) is 0 Å². The summed E-state index contributed by atoms with van der Waals surface area (Å²) < 4.78 is 14.6. The van der Waals surface area contributed by atoms with E-state index in [9.17, 15) is 14.4 Å². The SMILES string of the molecule is COC(=O)Cc1[nH]c(C(=O)OCc2ccccc2)c(C)c1C(=O)OC. The van der Waals surface area contributed by atoms with Crippen molar-refractivity contribution >= 4 is 17.9 Å². The maximum Gasteiger partial charge on any atom is 0.355 e. The minimum Gasteiger partial charge on any atom is -0.469 e. The van der Waals surface area contributed by atoms with Crippen LogP contribution in [0.5, 0.6) is 0 Å². The number of hydrogen-bond donors (Lipinski definition) is 1. The molecule has 0 bridgehead atoms. The smallest absolute Gasteiger partial charge is 0.355 e. The number of aromatic amines is 1. The Morgan fingerprint density at radius 3 is 2.28 bits per heavy atom. The molecule has 0 unspecified atom stereocenters. The molecule has 132 valence electrons. The highest BCUT2D eigenvalue weighted by Crippen LogP contribution is 2.21. The van der Waals surface area contributed by atoms with Crippen molar-refractivity contribution in [1.82, 2.24) is 4.98 Å². The Morgan fingerprint density at radius 1 is 1.00 bits per heavy atom. The Morgan fingerprint density at radius 2 is 1.68 bits per heavy atom. The van der Waals surface area contributed by atoms with Gasteiger partial charge in [-0.2, -0.15) is 0 Å². The first-order chi connectivity index (χ1) is 12.0. The Labute approximate surface area is 144 Å². The van der Waals surface area contributed by atoms with Crippen molar-refractivity contribution in [3.05, 3.63) is 58.4 Å². The Bertz CT molecular complexity index is 778. The molecule has 0 aliphatic heterocycles. The third kappa shape index (κ3) is 4.26. The average Bonchev–Trinajstić information content (AvgIpc) is 2.95. The molecule has 1 aromatic heterocycles. The second-order valence-electron chi connectivity index (χ2n) is 5.28. The maximum absolute atomic E-state index is 12.3. The highest BCUT2D eigenvalue weighted by molar-refractivity contribution is 5.99. The number of esters is 3. The molecule has 7 heteroatoms.